The Balaban J connectivity index is 2.14. The van der Waals surface area contributed by atoms with Gasteiger partial charge < -0.3 is 10.1 Å². The minimum absolute atomic E-state index is 0.0301. The Morgan fingerprint density at radius 2 is 2.21 bits per heavy atom. The lowest BCUT2D eigenvalue weighted by molar-refractivity contribution is 0.178. The zero-order valence-corrected chi connectivity index (χ0v) is 11.6. The van der Waals surface area contributed by atoms with Crippen LogP contribution in [0, 0.1) is 0 Å². The van der Waals surface area contributed by atoms with E-state index in [1.54, 1.807) is 19.4 Å². The highest BCUT2D eigenvalue weighted by molar-refractivity contribution is 6.29. The minimum Gasteiger partial charge on any atom is -0.377 e. The molecule has 0 aromatic carbocycles. The summed E-state index contributed by atoms with van der Waals surface area (Å²) in [7, 11) is 1.59. The highest BCUT2D eigenvalue weighted by atomic mass is 35.5. The van der Waals surface area contributed by atoms with Crippen molar-refractivity contribution in [2.45, 2.75) is 19.6 Å². The van der Waals surface area contributed by atoms with Gasteiger partial charge in [-0.3, -0.25) is 4.98 Å². The smallest absolute Gasteiger partial charge is 0.158 e. The molecule has 0 aliphatic heterocycles. The molecule has 100 valence electrons. The molecule has 0 bridgehead atoms. The van der Waals surface area contributed by atoms with E-state index in [9.17, 15) is 0 Å². The third-order valence-corrected chi connectivity index (χ3v) is 2.70. The molecular formula is C13H15ClN4O. The summed E-state index contributed by atoms with van der Waals surface area (Å²) in [6.07, 6.45) is 1.76. The van der Waals surface area contributed by atoms with Crippen LogP contribution in [-0.2, 0) is 11.3 Å². The topological polar surface area (TPSA) is 59.9 Å². The van der Waals surface area contributed by atoms with E-state index in [0.29, 0.717) is 23.4 Å². The zero-order valence-electron chi connectivity index (χ0n) is 10.8. The van der Waals surface area contributed by atoms with Gasteiger partial charge in [0.15, 0.2) is 5.82 Å². The Morgan fingerprint density at radius 1 is 1.37 bits per heavy atom. The first-order valence-corrected chi connectivity index (χ1v) is 6.26. The van der Waals surface area contributed by atoms with Crippen molar-refractivity contribution in [3.63, 3.8) is 0 Å². The van der Waals surface area contributed by atoms with Crippen molar-refractivity contribution in [2.75, 3.05) is 12.4 Å². The molecule has 1 unspecified atom stereocenters. The minimum atomic E-state index is 0.0301. The number of pyridine rings is 1. The first-order valence-electron chi connectivity index (χ1n) is 5.89. The van der Waals surface area contributed by atoms with Crippen LogP contribution < -0.4 is 5.32 Å². The standard InChI is InChI=1S/C13H15ClN4O/c1-9(10-5-3-4-6-15-10)16-12-7-11(14)17-13(18-12)8-19-2/h3-7,9H,8H2,1-2H3,(H,16,17,18). The third kappa shape index (κ3) is 3.87. The Labute approximate surface area is 117 Å². The summed E-state index contributed by atoms with van der Waals surface area (Å²) >= 11 is 5.95. The van der Waals surface area contributed by atoms with Gasteiger partial charge in [0.1, 0.15) is 17.6 Å². The molecule has 2 aromatic rings. The fourth-order valence-electron chi connectivity index (χ4n) is 1.66. The predicted octanol–water partition coefficient (Wildman–Crippen LogP) is 2.84. The average molecular weight is 279 g/mol. The Bertz CT molecular complexity index is 535. The maximum absolute atomic E-state index is 5.95. The number of anilines is 1. The molecule has 2 rings (SSSR count). The van der Waals surface area contributed by atoms with E-state index in [-0.39, 0.29) is 6.04 Å². The normalized spacial score (nSPS) is 12.2. The van der Waals surface area contributed by atoms with Crippen LogP contribution in [0.3, 0.4) is 0 Å². The van der Waals surface area contributed by atoms with Crippen molar-refractivity contribution in [2.24, 2.45) is 0 Å². The number of hydrogen-bond donors (Lipinski definition) is 1. The summed E-state index contributed by atoms with van der Waals surface area (Å²) in [6.45, 7) is 2.33. The summed E-state index contributed by atoms with van der Waals surface area (Å²) in [5.41, 5.74) is 0.936. The second-order valence-corrected chi connectivity index (χ2v) is 4.43. The van der Waals surface area contributed by atoms with Gasteiger partial charge in [0.05, 0.1) is 11.7 Å². The van der Waals surface area contributed by atoms with E-state index in [0.717, 1.165) is 5.69 Å². The molecular weight excluding hydrogens is 264 g/mol. The van der Waals surface area contributed by atoms with Crippen LogP contribution in [-0.4, -0.2) is 22.1 Å². The maximum Gasteiger partial charge on any atom is 0.158 e. The number of halogens is 1. The fourth-order valence-corrected chi connectivity index (χ4v) is 1.86. The Kier molecular flexibility index (Phi) is 4.65. The van der Waals surface area contributed by atoms with E-state index in [4.69, 9.17) is 16.3 Å². The van der Waals surface area contributed by atoms with Crippen molar-refractivity contribution in [1.82, 2.24) is 15.0 Å². The highest BCUT2D eigenvalue weighted by Gasteiger charge is 2.09. The van der Waals surface area contributed by atoms with Crippen LogP contribution in [0.5, 0.6) is 0 Å². The molecule has 5 nitrogen and oxygen atoms in total. The van der Waals surface area contributed by atoms with Gasteiger partial charge in [-0.1, -0.05) is 17.7 Å². The van der Waals surface area contributed by atoms with E-state index in [1.165, 1.54) is 0 Å². The number of nitrogens with zero attached hydrogens (tertiary/aromatic N) is 3. The lowest BCUT2D eigenvalue weighted by atomic mass is 10.2. The highest BCUT2D eigenvalue weighted by Crippen LogP contribution is 2.18. The zero-order chi connectivity index (χ0) is 13.7. The van der Waals surface area contributed by atoms with Crippen molar-refractivity contribution in [3.8, 4) is 0 Å². The molecule has 0 spiro atoms. The molecule has 0 aliphatic rings. The summed E-state index contributed by atoms with van der Waals surface area (Å²) in [5, 5.41) is 3.63. The van der Waals surface area contributed by atoms with Crippen molar-refractivity contribution < 1.29 is 4.74 Å². The lowest BCUT2D eigenvalue weighted by Gasteiger charge is -2.14. The van der Waals surface area contributed by atoms with Gasteiger partial charge in [0, 0.05) is 19.4 Å². The largest absolute Gasteiger partial charge is 0.377 e. The molecule has 2 aromatic heterocycles. The van der Waals surface area contributed by atoms with E-state index in [2.05, 4.69) is 20.3 Å². The lowest BCUT2D eigenvalue weighted by Crippen LogP contribution is -2.11. The molecule has 2 heterocycles. The SMILES string of the molecule is COCc1nc(Cl)cc(NC(C)c2ccccn2)n1. The van der Waals surface area contributed by atoms with Gasteiger partial charge in [-0.2, -0.15) is 0 Å². The van der Waals surface area contributed by atoms with Gasteiger partial charge >= 0.3 is 0 Å². The van der Waals surface area contributed by atoms with Gasteiger partial charge in [-0.05, 0) is 19.1 Å². The molecule has 0 saturated carbocycles. The van der Waals surface area contributed by atoms with Crippen molar-refractivity contribution in [1.29, 1.82) is 0 Å². The number of ether oxygens (including phenoxy) is 1. The van der Waals surface area contributed by atoms with E-state index in [1.807, 2.05) is 25.1 Å². The first kappa shape index (κ1) is 13.7. The number of methoxy groups -OCH3 is 1. The van der Waals surface area contributed by atoms with Crippen LogP contribution in [0.2, 0.25) is 5.15 Å². The molecule has 0 aliphatic carbocycles. The van der Waals surface area contributed by atoms with Crippen LogP contribution in [0.1, 0.15) is 24.5 Å². The quantitative estimate of drug-likeness (QED) is 0.852. The molecule has 0 fully saturated rings. The molecule has 6 heteroatoms. The molecule has 1 atom stereocenters. The molecule has 1 N–H and O–H groups in total. The van der Waals surface area contributed by atoms with Gasteiger partial charge in [-0.25, -0.2) is 9.97 Å². The predicted molar refractivity (Wildman–Crippen MR) is 74.0 cm³/mol. The fraction of sp³-hybridized carbons (Fsp3) is 0.308. The van der Waals surface area contributed by atoms with E-state index >= 15 is 0 Å². The summed E-state index contributed by atoms with van der Waals surface area (Å²) in [6, 6.07) is 7.50. The molecule has 0 radical (unpaired) electrons. The maximum atomic E-state index is 5.95. The second kappa shape index (κ2) is 6.45. The summed E-state index contributed by atoms with van der Waals surface area (Å²) in [5.74, 6) is 1.20. The van der Waals surface area contributed by atoms with Crippen molar-refractivity contribution in [3.05, 3.63) is 47.1 Å². The van der Waals surface area contributed by atoms with E-state index < -0.39 is 0 Å². The number of aromatic nitrogens is 3. The first-order chi connectivity index (χ1) is 9.19. The summed E-state index contributed by atoms with van der Waals surface area (Å²) in [4.78, 5) is 12.7. The molecule has 19 heavy (non-hydrogen) atoms. The number of hydrogen-bond acceptors (Lipinski definition) is 5. The average Bonchev–Trinajstić information content (AvgIpc) is 2.39. The van der Waals surface area contributed by atoms with Crippen LogP contribution in [0.25, 0.3) is 0 Å². The third-order valence-electron chi connectivity index (χ3n) is 2.51. The Hall–Kier alpha value is -1.72. The summed E-state index contributed by atoms with van der Waals surface area (Å²) < 4.78 is 5.00. The van der Waals surface area contributed by atoms with Gasteiger partial charge in [0.2, 0.25) is 0 Å². The van der Waals surface area contributed by atoms with Gasteiger partial charge in [-0.15, -0.1) is 0 Å². The van der Waals surface area contributed by atoms with Gasteiger partial charge in [0.25, 0.3) is 0 Å². The van der Waals surface area contributed by atoms with Crippen LogP contribution >= 0.6 is 11.6 Å². The van der Waals surface area contributed by atoms with Crippen LogP contribution in [0.15, 0.2) is 30.5 Å². The number of rotatable bonds is 5. The molecule has 0 saturated heterocycles. The number of nitrogens with one attached hydrogen (secondary N) is 1. The Morgan fingerprint density at radius 3 is 2.89 bits per heavy atom. The second-order valence-electron chi connectivity index (χ2n) is 4.05. The molecule has 0 amide bonds. The van der Waals surface area contributed by atoms with Crippen molar-refractivity contribution >= 4 is 17.4 Å². The monoisotopic (exact) mass is 278 g/mol. The van der Waals surface area contributed by atoms with Crippen LogP contribution in [0.4, 0.5) is 5.82 Å².